The second-order valence-corrected chi connectivity index (χ2v) is 15.0. The Labute approximate surface area is 496 Å². The van der Waals surface area contributed by atoms with E-state index in [9.17, 15) is 0 Å². The zero-order valence-corrected chi connectivity index (χ0v) is 53.1. The molecule has 0 nitrogen and oxygen atoms in total. The number of fused-ring (bicyclic) bond motifs is 6. The summed E-state index contributed by atoms with van der Waals surface area (Å²) < 4.78 is 0. The summed E-state index contributed by atoms with van der Waals surface area (Å²) in [5, 5.41) is 15.9. The van der Waals surface area contributed by atoms with E-state index in [1.165, 1.54) is 129 Å². The molecule has 358 valence electrons. The maximum atomic E-state index is 4.64. The van der Waals surface area contributed by atoms with Crippen molar-refractivity contribution in [3.05, 3.63) is 269 Å². The minimum Gasteiger partial charge on any atom is -0.168 e. The van der Waals surface area contributed by atoms with Gasteiger partial charge in [-0.15, -0.1) is 128 Å². The molecule has 0 unspecified atom stereocenters. The van der Waals surface area contributed by atoms with Crippen LogP contribution in [0.5, 0.6) is 0 Å². The van der Waals surface area contributed by atoms with Crippen molar-refractivity contribution in [1.29, 1.82) is 0 Å². The van der Waals surface area contributed by atoms with E-state index in [4.69, 9.17) is 0 Å². The average Bonchev–Trinajstić information content (AvgIpc) is 4.29. The molecular weight excluding hydrogens is 1190 g/mol. The zero-order valence-electron chi connectivity index (χ0n) is 42.5. The Morgan fingerprint density at radius 2 is 0.569 bits per heavy atom. The number of benzene rings is 8. The Morgan fingerprint density at radius 1 is 0.306 bits per heavy atom. The van der Waals surface area contributed by atoms with Crippen molar-refractivity contribution in [2.24, 2.45) is 0 Å². The van der Waals surface area contributed by atoms with E-state index in [1.807, 2.05) is 0 Å². The summed E-state index contributed by atoms with van der Waals surface area (Å²) in [7, 11) is 9.28. The summed E-state index contributed by atoms with van der Waals surface area (Å²) in [5.41, 5.74) is 7.94. The monoisotopic (exact) mass is 1250 g/mol. The molecule has 0 bridgehead atoms. The van der Waals surface area contributed by atoms with E-state index in [0.717, 1.165) is 0 Å². The van der Waals surface area contributed by atoms with Crippen LogP contribution in [0.1, 0.15) is 38.8 Å². The third-order valence-corrected chi connectivity index (χ3v) is 11.0. The molecule has 72 heavy (non-hydrogen) atoms. The van der Waals surface area contributed by atoms with Crippen molar-refractivity contribution < 1.29 is 52.4 Å². The number of hydrogen-bond acceptors (Lipinski definition) is 0. The van der Waals surface area contributed by atoms with Gasteiger partial charge in [0.25, 0.3) is 0 Å². The largest absolute Gasteiger partial charge is 4.00 e. The van der Waals surface area contributed by atoms with Gasteiger partial charge >= 0.3 is 104 Å². The fourth-order valence-corrected chi connectivity index (χ4v) is 8.30. The smallest absolute Gasteiger partial charge is 0.168 e. The van der Waals surface area contributed by atoms with Crippen LogP contribution in [-0.4, -0.2) is 31.2 Å². The molecule has 12 aromatic carbocycles. The molecule has 0 aliphatic carbocycles. The summed E-state index contributed by atoms with van der Waals surface area (Å²) >= 11 is 2.94. The van der Waals surface area contributed by atoms with Gasteiger partial charge < -0.3 is 27.7 Å². The van der Waals surface area contributed by atoms with Crippen molar-refractivity contribution in [1.82, 2.24) is 0 Å². The summed E-state index contributed by atoms with van der Waals surface area (Å²) in [6.07, 6.45) is 0. The van der Waals surface area contributed by atoms with Crippen LogP contribution in [0.25, 0.3) is 86.9 Å². The molecule has 0 fully saturated rings. The van der Waals surface area contributed by atoms with Crippen LogP contribution in [0.3, 0.4) is 0 Å². The zero-order chi connectivity index (χ0) is 51.3. The summed E-state index contributed by atoms with van der Waals surface area (Å²) in [6.45, 7) is 24.3. The number of aryl methyl sites for hydroxylation is 2. The Kier molecular flexibility index (Phi) is 34.8. The van der Waals surface area contributed by atoms with Gasteiger partial charge in [-0.2, -0.15) is 74.9 Å². The normalized spacial score (nSPS) is 9.31. The van der Waals surface area contributed by atoms with Crippen molar-refractivity contribution in [3.63, 3.8) is 0 Å². The average molecular weight is 1260 g/mol. The van der Waals surface area contributed by atoms with Gasteiger partial charge in [0.05, 0.1) is 0 Å². The third kappa shape index (κ3) is 18.2. The molecular formula is C66H64Cl2Ge2Zr2. The quantitative estimate of drug-likeness (QED) is 0.120. The molecule has 0 atom stereocenters. The van der Waals surface area contributed by atoms with Crippen LogP contribution in [0, 0.1) is 41.5 Å². The molecule has 6 radical (unpaired) electrons. The van der Waals surface area contributed by atoms with Crippen LogP contribution in [0.15, 0.2) is 231 Å². The number of rotatable bonds is 2. The maximum Gasteiger partial charge on any atom is 4.00 e. The number of hydrogen-bond donors (Lipinski definition) is 0. The molecule has 0 aliphatic heterocycles. The molecule has 12 rings (SSSR count). The fraction of sp³-hybridized carbons (Fsp3) is 0.0909. The van der Waals surface area contributed by atoms with E-state index in [2.05, 4.69) is 292 Å². The first-order valence-electron chi connectivity index (χ1n) is 23.3. The first-order valence-corrected chi connectivity index (χ1v) is 28.8. The molecule has 0 saturated heterocycles. The second kappa shape index (κ2) is 37.8. The molecule has 12 aromatic rings. The van der Waals surface area contributed by atoms with Crippen molar-refractivity contribution in [2.45, 2.75) is 41.5 Å². The van der Waals surface area contributed by atoms with E-state index in [1.54, 1.807) is 27.7 Å². The topological polar surface area (TPSA) is 0 Å². The van der Waals surface area contributed by atoms with Crippen LogP contribution in [-0.2, 0) is 52.4 Å². The maximum absolute atomic E-state index is 4.64. The molecule has 0 aliphatic rings. The van der Waals surface area contributed by atoms with Gasteiger partial charge in [0.15, 0.2) is 0 Å². The Bertz CT molecular complexity index is 3010. The predicted molar refractivity (Wildman–Crippen MR) is 321 cm³/mol. The van der Waals surface area contributed by atoms with Crippen molar-refractivity contribution >= 4 is 116 Å². The first-order chi connectivity index (χ1) is 34.6. The van der Waals surface area contributed by atoms with Gasteiger partial charge in [-0.1, -0.05) is 134 Å². The van der Waals surface area contributed by atoms with E-state index in [0.29, 0.717) is 0 Å². The Hall–Kier alpha value is -3.85. The molecule has 0 heterocycles. The minimum absolute atomic E-state index is 0. The summed E-state index contributed by atoms with van der Waals surface area (Å²) in [5.74, 6) is 0. The summed E-state index contributed by atoms with van der Waals surface area (Å²) in [4.78, 5) is 0. The van der Waals surface area contributed by atoms with Gasteiger partial charge in [-0.3, -0.25) is 0 Å². The van der Waals surface area contributed by atoms with Crippen LogP contribution in [0.4, 0.5) is 0 Å². The van der Waals surface area contributed by atoms with E-state index < -0.39 is 0 Å². The van der Waals surface area contributed by atoms with Crippen LogP contribution in [0.2, 0.25) is 0 Å². The van der Waals surface area contributed by atoms with Crippen molar-refractivity contribution in [3.8, 4) is 22.3 Å². The fourth-order valence-electron chi connectivity index (χ4n) is 8.30. The van der Waals surface area contributed by atoms with Crippen LogP contribution < -0.4 is 0 Å². The first kappa shape index (κ1) is 66.2. The minimum atomic E-state index is 0. The van der Waals surface area contributed by atoms with Gasteiger partial charge in [0, 0.05) is 0 Å². The van der Waals surface area contributed by atoms with Gasteiger partial charge in [0.1, 0.15) is 0 Å². The third-order valence-electron chi connectivity index (χ3n) is 11.0. The van der Waals surface area contributed by atoms with Gasteiger partial charge in [-0.05, 0) is 32.7 Å². The Balaban J connectivity index is 0.000000464. The second-order valence-electron chi connectivity index (χ2n) is 15.0. The SMILES string of the molecule is Cc1cc2c(-c3cccc4ccccc34)cccc2[cH-]1.Cc1cc2c(-c3cccc4ccccc34)cccc2[cH-]1.[CH2-]C.[CH2-]C.[CH2-]C.[CH2-]C.[Cl][Ge].[Cl][Ge].[Zr+4].[Zr+4].c1ccc2[cH-]ccc2c1.c1ccc2[cH-]ccc2c1. The summed E-state index contributed by atoms with van der Waals surface area (Å²) in [6, 6.07) is 81.8. The van der Waals surface area contributed by atoms with E-state index >= 15 is 0 Å². The predicted octanol–water partition coefficient (Wildman–Crippen LogP) is 20.5. The molecule has 0 amide bonds. The molecule has 0 N–H and O–H groups in total. The number of halogens is 2. The van der Waals surface area contributed by atoms with Crippen LogP contribution >= 0.6 is 20.0 Å². The van der Waals surface area contributed by atoms with E-state index in [-0.39, 0.29) is 52.4 Å². The van der Waals surface area contributed by atoms with Gasteiger partial charge in [-0.25, -0.2) is 0 Å². The van der Waals surface area contributed by atoms with Gasteiger partial charge in [0.2, 0.25) is 0 Å². The molecule has 6 heteroatoms. The van der Waals surface area contributed by atoms with Crippen molar-refractivity contribution in [2.75, 3.05) is 0 Å². The molecule has 0 saturated carbocycles. The molecule has 0 spiro atoms. The Morgan fingerprint density at radius 3 is 0.917 bits per heavy atom. The molecule has 0 aromatic heterocycles. The standard InChI is InChI=1S/2C20H15.2C9H7.4C2H5.2ClGe.2Zr/c2*1-14-12-16-8-5-11-19(20(16)13-14)18-10-4-7-15-6-2-3-9-17(15)18;2*1-2-5-9-7-3-6-8(9)4-1;6*1-2;;/h2*2-13H,1H3;2*1-7H;4*1H2,2H3;;;;/q8*-1;;;2*+4.